The minimum Gasteiger partial charge on any atom is -0.369 e. The minimum atomic E-state index is -0.0299. The molecule has 0 amide bonds. The highest BCUT2D eigenvalue weighted by Crippen LogP contribution is 2.27. The van der Waals surface area contributed by atoms with E-state index in [9.17, 15) is 0 Å². The van der Waals surface area contributed by atoms with Gasteiger partial charge in [-0.05, 0) is 35.8 Å². The minimum absolute atomic E-state index is 0.0299. The molecule has 0 aromatic carbocycles. The van der Waals surface area contributed by atoms with Crippen molar-refractivity contribution in [2.24, 2.45) is 0 Å². The maximum atomic E-state index is 5.84. The summed E-state index contributed by atoms with van der Waals surface area (Å²) in [5.74, 6) is 1.65. The van der Waals surface area contributed by atoms with Crippen LogP contribution in [0.1, 0.15) is 37.9 Å². The Balaban J connectivity index is 2.20. The molecule has 6 heteroatoms. The van der Waals surface area contributed by atoms with E-state index < -0.39 is 0 Å². The third kappa shape index (κ3) is 3.68. The lowest BCUT2D eigenvalue weighted by Gasteiger charge is -2.31. The summed E-state index contributed by atoms with van der Waals surface area (Å²) in [5, 5.41) is 3.34. The van der Waals surface area contributed by atoms with Gasteiger partial charge in [-0.2, -0.15) is 0 Å². The molecular formula is C14H23BrN4O. The van der Waals surface area contributed by atoms with Crippen molar-refractivity contribution in [2.45, 2.75) is 33.3 Å². The molecule has 1 unspecified atom stereocenters. The summed E-state index contributed by atoms with van der Waals surface area (Å²) in [4.78, 5) is 11.6. The standard InChI is InChI=1S/C14H23BrN4O/c1-4-6-16-14-12(15)10(3)17-13(18-14)11-9-19(5-2)7-8-20-11/h11H,4-9H2,1-3H3,(H,16,17,18). The van der Waals surface area contributed by atoms with E-state index in [4.69, 9.17) is 4.74 Å². The van der Waals surface area contributed by atoms with Gasteiger partial charge < -0.3 is 10.1 Å². The van der Waals surface area contributed by atoms with Crippen molar-refractivity contribution in [3.8, 4) is 0 Å². The molecule has 1 aromatic heterocycles. The van der Waals surface area contributed by atoms with Crippen molar-refractivity contribution < 1.29 is 4.74 Å². The van der Waals surface area contributed by atoms with Crippen LogP contribution < -0.4 is 5.32 Å². The maximum absolute atomic E-state index is 5.84. The van der Waals surface area contributed by atoms with Crippen molar-refractivity contribution in [2.75, 3.05) is 38.1 Å². The second-order valence-electron chi connectivity index (χ2n) is 5.01. The number of hydrogen-bond acceptors (Lipinski definition) is 5. The number of aromatic nitrogens is 2. The first kappa shape index (κ1) is 15.7. The van der Waals surface area contributed by atoms with Gasteiger partial charge in [-0.25, -0.2) is 9.97 Å². The molecule has 1 aliphatic rings. The second-order valence-corrected chi connectivity index (χ2v) is 5.80. The van der Waals surface area contributed by atoms with Crippen LogP contribution in [0.2, 0.25) is 0 Å². The fraction of sp³-hybridized carbons (Fsp3) is 0.714. The summed E-state index contributed by atoms with van der Waals surface area (Å²) in [5.41, 5.74) is 0.950. The van der Waals surface area contributed by atoms with Crippen LogP contribution in [0.5, 0.6) is 0 Å². The van der Waals surface area contributed by atoms with Gasteiger partial charge in [-0.3, -0.25) is 4.90 Å². The average molecular weight is 343 g/mol. The van der Waals surface area contributed by atoms with Gasteiger partial charge in [-0.1, -0.05) is 13.8 Å². The molecule has 112 valence electrons. The topological polar surface area (TPSA) is 50.3 Å². The number of anilines is 1. The quantitative estimate of drug-likeness (QED) is 0.891. The monoisotopic (exact) mass is 342 g/mol. The third-order valence-electron chi connectivity index (χ3n) is 3.46. The SMILES string of the molecule is CCCNc1nc(C2CN(CC)CCO2)nc(C)c1Br. The van der Waals surface area contributed by atoms with Gasteiger partial charge in [0.25, 0.3) is 0 Å². The first-order valence-corrected chi connectivity index (χ1v) is 8.06. The van der Waals surface area contributed by atoms with Crippen LogP contribution in [0, 0.1) is 6.92 Å². The van der Waals surface area contributed by atoms with E-state index in [1.807, 2.05) is 6.92 Å². The highest BCUT2D eigenvalue weighted by molar-refractivity contribution is 9.10. The maximum Gasteiger partial charge on any atom is 0.161 e. The predicted molar refractivity (Wildman–Crippen MR) is 84.1 cm³/mol. The highest BCUT2D eigenvalue weighted by Gasteiger charge is 2.24. The van der Waals surface area contributed by atoms with E-state index in [1.165, 1.54) is 0 Å². The lowest BCUT2D eigenvalue weighted by molar-refractivity contribution is -0.0326. The number of nitrogens with one attached hydrogen (secondary N) is 1. The molecule has 20 heavy (non-hydrogen) atoms. The zero-order valence-electron chi connectivity index (χ0n) is 12.4. The van der Waals surface area contributed by atoms with E-state index in [0.717, 1.165) is 61.0 Å². The molecule has 1 saturated heterocycles. The molecule has 2 rings (SSSR count). The molecule has 2 heterocycles. The molecular weight excluding hydrogens is 320 g/mol. The van der Waals surface area contributed by atoms with Crippen LogP contribution in [0.4, 0.5) is 5.82 Å². The van der Waals surface area contributed by atoms with Gasteiger partial charge >= 0.3 is 0 Å². The van der Waals surface area contributed by atoms with Crippen molar-refractivity contribution in [3.05, 3.63) is 16.0 Å². The molecule has 1 N–H and O–H groups in total. The average Bonchev–Trinajstić information content (AvgIpc) is 2.48. The largest absolute Gasteiger partial charge is 0.369 e. The van der Waals surface area contributed by atoms with E-state index in [2.05, 4.69) is 50.0 Å². The van der Waals surface area contributed by atoms with E-state index >= 15 is 0 Å². The summed E-state index contributed by atoms with van der Waals surface area (Å²) in [6, 6.07) is 0. The van der Waals surface area contributed by atoms with Crippen molar-refractivity contribution in [1.82, 2.24) is 14.9 Å². The summed E-state index contributed by atoms with van der Waals surface area (Å²) < 4.78 is 6.78. The van der Waals surface area contributed by atoms with Crippen LogP contribution in [-0.2, 0) is 4.74 Å². The molecule has 1 aliphatic heterocycles. The number of morpholine rings is 1. The number of rotatable bonds is 5. The van der Waals surface area contributed by atoms with Crippen LogP contribution in [0.15, 0.2) is 4.47 Å². The van der Waals surface area contributed by atoms with E-state index in [-0.39, 0.29) is 6.10 Å². The third-order valence-corrected chi connectivity index (χ3v) is 4.41. The van der Waals surface area contributed by atoms with Gasteiger partial charge in [0.15, 0.2) is 5.82 Å². The number of ether oxygens (including phenoxy) is 1. The Morgan fingerprint density at radius 2 is 2.20 bits per heavy atom. The van der Waals surface area contributed by atoms with Gasteiger partial charge in [-0.15, -0.1) is 0 Å². The predicted octanol–water partition coefficient (Wildman–Crippen LogP) is 2.76. The fourth-order valence-corrected chi connectivity index (χ4v) is 2.55. The summed E-state index contributed by atoms with van der Waals surface area (Å²) >= 11 is 3.56. The van der Waals surface area contributed by atoms with Crippen LogP contribution in [0.25, 0.3) is 0 Å². The Labute approximate surface area is 129 Å². The van der Waals surface area contributed by atoms with Gasteiger partial charge in [0.05, 0.1) is 16.8 Å². The highest BCUT2D eigenvalue weighted by atomic mass is 79.9. The zero-order valence-corrected chi connectivity index (χ0v) is 14.0. The normalized spacial score (nSPS) is 20.1. The zero-order chi connectivity index (χ0) is 14.5. The molecule has 0 saturated carbocycles. The van der Waals surface area contributed by atoms with E-state index in [1.54, 1.807) is 0 Å². The van der Waals surface area contributed by atoms with Gasteiger partial charge in [0.2, 0.25) is 0 Å². The molecule has 1 atom stereocenters. The van der Waals surface area contributed by atoms with Crippen LogP contribution in [0.3, 0.4) is 0 Å². The smallest absolute Gasteiger partial charge is 0.161 e. The van der Waals surface area contributed by atoms with Gasteiger partial charge in [0.1, 0.15) is 11.9 Å². The summed E-state index contributed by atoms with van der Waals surface area (Å²) in [7, 11) is 0. The molecule has 0 bridgehead atoms. The Morgan fingerprint density at radius 3 is 2.90 bits per heavy atom. The van der Waals surface area contributed by atoms with Crippen LogP contribution >= 0.6 is 15.9 Å². The number of aryl methyl sites for hydroxylation is 1. The lowest BCUT2D eigenvalue weighted by Crippen LogP contribution is -2.38. The lowest BCUT2D eigenvalue weighted by atomic mass is 10.2. The van der Waals surface area contributed by atoms with Crippen molar-refractivity contribution >= 4 is 21.7 Å². The first-order valence-electron chi connectivity index (χ1n) is 7.27. The Bertz CT molecular complexity index is 455. The Hall–Kier alpha value is -0.720. The van der Waals surface area contributed by atoms with Crippen LogP contribution in [-0.4, -0.2) is 47.7 Å². The van der Waals surface area contributed by atoms with Gasteiger partial charge in [0, 0.05) is 19.6 Å². The molecule has 0 radical (unpaired) electrons. The first-order chi connectivity index (χ1) is 9.65. The number of halogens is 1. The number of likely N-dealkylation sites (N-methyl/N-ethyl adjacent to an activating group) is 1. The Kier molecular flexibility index (Phi) is 5.74. The molecule has 1 fully saturated rings. The molecule has 0 spiro atoms. The van der Waals surface area contributed by atoms with E-state index in [0.29, 0.717) is 0 Å². The number of hydrogen-bond donors (Lipinski definition) is 1. The Morgan fingerprint density at radius 1 is 1.40 bits per heavy atom. The summed E-state index contributed by atoms with van der Waals surface area (Å²) in [6.45, 7) is 10.8. The van der Waals surface area contributed by atoms with Crippen molar-refractivity contribution in [1.29, 1.82) is 0 Å². The molecule has 0 aliphatic carbocycles. The number of nitrogens with zero attached hydrogens (tertiary/aromatic N) is 3. The van der Waals surface area contributed by atoms with Crippen molar-refractivity contribution in [3.63, 3.8) is 0 Å². The summed E-state index contributed by atoms with van der Waals surface area (Å²) in [6.07, 6.45) is 1.03. The molecule has 1 aromatic rings. The fourth-order valence-electron chi connectivity index (χ4n) is 2.23. The molecule has 5 nitrogen and oxygen atoms in total. The second kappa shape index (κ2) is 7.33.